The van der Waals surface area contributed by atoms with Gasteiger partial charge in [-0.3, -0.25) is 4.72 Å². The lowest BCUT2D eigenvalue weighted by Gasteiger charge is -2.13. The summed E-state index contributed by atoms with van der Waals surface area (Å²) < 4.78 is 33.2. The monoisotopic (exact) mass is 370 g/mol. The summed E-state index contributed by atoms with van der Waals surface area (Å²) in [5.41, 5.74) is 7.38. The molecule has 2 aromatic rings. The number of hydrogen-bond acceptors (Lipinski definition) is 4. The van der Waals surface area contributed by atoms with Crippen LogP contribution in [0.25, 0.3) is 0 Å². The van der Waals surface area contributed by atoms with Gasteiger partial charge in [0.2, 0.25) is 0 Å². The van der Waals surface area contributed by atoms with Crippen LogP contribution in [-0.2, 0) is 10.0 Å². The topological polar surface area (TPSA) is 81.4 Å². The number of anilines is 2. The molecular weight excluding hydrogens is 356 g/mol. The van der Waals surface area contributed by atoms with Gasteiger partial charge < -0.3 is 10.5 Å². The largest absolute Gasteiger partial charge is 0.495 e. The number of sulfonamides is 1. The normalized spacial score (nSPS) is 11.2. The molecule has 0 saturated heterocycles. The van der Waals surface area contributed by atoms with Crippen LogP contribution in [0.5, 0.6) is 5.75 Å². The predicted octanol–water partition coefficient (Wildman–Crippen LogP) is 3.15. The second kappa shape index (κ2) is 5.95. The van der Waals surface area contributed by atoms with Crippen LogP contribution in [0.4, 0.5) is 11.4 Å². The first-order chi connectivity index (χ1) is 9.83. The summed E-state index contributed by atoms with van der Waals surface area (Å²) >= 11 is 3.30. The predicted molar refractivity (Wildman–Crippen MR) is 87.1 cm³/mol. The van der Waals surface area contributed by atoms with Crippen LogP contribution in [-0.4, -0.2) is 15.5 Å². The number of hydrogen-bond donors (Lipinski definition) is 2. The lowest BCUT2D eigenvalue weighted by Crippen LogP contribution is -2.14. The molecule has 0 spiro atoms. The summed E-state index contributed by atoms with van der Waals surface area (Å²) in [4.78, 5) is 0.104. The van der Waals surface area contributed by atoms with Crippen molar-refractivity contribution in [3.63, 3.8) is 0 Å². The third-order valence-electron chi connectivity index (χ3n) is 2.97. The minimum Gasteiger partial charge on any atom is -0.495 e. The minimum absolute atomic E-state index is 0.104. The van der Waals surface area contributed by atoms with Gasteiger partial charge in [0.25, 0.3) is 10.0 Å². The van der Waals surface area contributed by atoms with E-state index < -0.39 is 10.0 Å². The Morgan fingerprint density at radius 3 is 2.52 bits per heavy atom. The van der Waals surface area contributed by atoms with Crippen molar-refractivity contribution in [1.29, 1.82) is 0 Å². The maximum Gasteiger partial charge on any atom is 0.262 e. The first-order valence-electron chi connectivity index (χ1n) is 6.06. The van der Waals surface area contributed by atoms with E-state index in [9.17, 15) is 8.42 Å². The fourth-order valence-electron chi connectivity index (χ4n) is 1.75. The molecule has 0 aromatic heterocycles. The highest BCUT2D eigenvalue weighted by molar-refractivity contribution is 9.10. The van der Waals surface area contributed by atoms with Crippen LogP contribution in [0.2, 0.25) is 0 Å². The molecule has 0 fully saturated rings. The maximum absolute atomic E-state index is 12.4. The number of nitrogen functional groups attached to an aromatic ring is 1. The fourth-order valence-corrected chi connectivity index (χ4v) is 3.21. The first-order valence-corrected chi connectivity index (χ1v) is 8.33. The molecule has 2 rings (SSSR count). The van der Waals surface area contributed by atoms with Gasteiger partial charge in [-0.25, -0.2) is 8.42 Å². The van der Waals surface area contributed by atoms with E-state index in [0.717, 1.165) is 10.0 Å². The molecule has 2 aromatic carbocycles. The number of aryl methyl sites for hydroxylation is 1. The van der Waals surface area contributed by atoms with E-state index in [1.54, 1.807) is 24.3 Å². The van der Waals surface area contributed by atoms with E-state index in [2.05, 4.69) is 20.7 Å². The van der Waals surface area contributed by atoms with Gasteiger partial charge in [-0.2, -0.15) is 0 Å². The number of nitrogens with two attached hydrogens (primary N) is 1. The Hall–Kier alpha value is -1.73. The molecule has 0 bridgehead atoms. The Morgan fingerprint density at radius 1 is 1.19 bits per heavy atom. The van der Waals surface area contributed by atoms with E-state index >= 15 is 0 Å². The number of methoxy groups -OCH3 is 1. The number of halogens is 1. The average Bonchev–Trinajstić information content (AvgIpc) is 2.41. The Kier molecular flexibility index (Phi) is 4.43. The van der Waals surface area contributed by atoms with Gasteiger partial charge >= 0.3 is 0 Å². The van der Waals surface area contributed by atoms with Crippen molar-refractivity contribution in [2.24, 2.45) is 0 Å². The van der Waals surface area contributed by atoms with Gasteiger partial charge in [-0.05, 0) is 42.8 Å². The number of rotatable bonds is 4. The lowest BCUT2D eigenvalue weighted by molar-refractivity contribution is 0.417. The van der Waals surface area contributed by atoms with Crippen LogP contribution in [0.3, 0.4) is 0 Å². The summed E-state index contributed by atoms with van der Waals surface area (Å²) in [6.07, 6.45) is 0. The summed E-state index contributed by atoms with van der Waals surface area (Å²) in [7, 11) is -2.26. The van der Waals surface area contributed by atoms with E-state index in [1.165, 1.54) is 19.2 Å². The molecule has 21 heavy (non-hydrogen) atoms. The van der Waals surface area contributed by atoms with Crippen molar-refractivity contribution < 1.29 is 13.2 Å². The molecule has 0 aliphatic rings. The molecule has 0 atom stereocenters. The van der Waals surface area contributed by atoms with Crippen molar-refractivity contribution in [2.75, 3.05) is 17.6 Å². The minimum atomic E-state index is -3.73. The van der Waals surface area contributed by atoms with Gasteiger partial charge in [0.15, 0.2) is 0 Å². The van der Waals surface area contributed by atoms with E-state index in [-0.39, 0.29) is 4.90 Å². The Balaban J connectivity index is 2.41. The quantitative estimate of drug-likeness (QED) is 0.809. The molecule has 3 N–H and O–H groups in total. The highest BCUT2D eigenvalue weighted by Crippen LogP contribution is 2.30. The summed E-state index contributed by atoms with van der Waals surface area (Å²) in [5.74, 6) is 0.432. The number of nitrogens with one attached hydrogen (secondary N) is 1. The van der Waals surface area contributed by atoms with E-state index in [0.29, 0.717) is 17.1 Å². The highest BCUT2D eigenvalue weighted by atomic mass is 79.9. The van der Waals surface area contributed by atoms with Crippen molar-refractivity contribution in [3.8, 4) is 5.75 Å². The van der Waals surface area contributed by atoms with Crippen molar-refractivity contribution >= 4 is 37.3 Å². The van der Waals surface area contributed by atoms with Crippen LogP contribution in [0.1, 0.15) is 5.56 Å². The lowest BCUT2D eigenvalue weighted by atomic mass is 10.2. The Labute approximate surface area is 132 Å². The average molecular weight is 371 g/mol. The van der Waals surface area contributed by atoms with Gasteiger partial charge in [-0.15, -0.1) is 0 Å². The molecule has 0 heterocycles. The molecule has 0 saturated carbocycles. The zero-order valence-corrected chi connectivity index (χ0v) is 14.0. The smallest absolute Gasteiger partial charge is 0.262 e. The number of benzene rings is 2. The molecule has 0 aliphatic heterocycles. The fraction of sp³-hybridized carbons (Fsp3) is 0.143. The summed E-state index contributed by atoms with van der Waals surface area (Å²) in [6.45, 7) is 1.82. The third kappa shape index (κ3) is 3.48. The van der Waals surface area contributed by atoms with Gasteiger partial charge in [0, 0.05) is 10.2 Å². The molecule has 0 radical (unpaired) electrons. The first kappa shape index (κ1) is 15.7. The third-order valence-corrected chi connectivity index (χ3v) is 4.82. The van der Waals surface area contributed by atoms with E-state index in [1.807, 2.05) is 6.92 Å². The van der Waals surface area contributed by atoms with Crippen LogP contribution in [0, 0.1) is 6.92 Å². The Bertz CT molecular complexity index is 776. The Morgan fingerprint density at radius 2 is 1.90 bits per heavy atom. The molecular formula is C14H15BrN2O3S. The zero-order valence-electron chi connectivity index (χ0n) is 11.6. The second-order valence-corrected chi connectivity index (χ2v) is 7.07. The molecule has 5 nitrogen and oxygen atoms in total. The molecule has 0 aliphatic carbocycles. The standard InChI is InChI=1S/C14H15BrN2O3S/c1-9-3-5-11(8-12(9)16)21(18,19)17-13-7-10(15)4-6-14(13)20-2/h3-8,17H,16H2,1-2H3. The molecule has 0 unspecified atom stereocenters. The number of ether oxygens (including phenoxy) is 1. The SMILES string of the molecule is COc1ccc(Br)cc1NS(=O)(=O)c1ccc(C)c(N)c1. The maximum atomic E-state index is 12.4. The van der Waals surface area contributed by atoms with Gasteiger partial charge in [0.1, 0.15) is 5.75 Å². The molecule has 112 valence electrons. The highest BCUT2D eigenvalue weighted by Gasteiger charge is 2.17. The van der Waals surface area contributed by atoms with Crippen molar-refractivity contribution in [1.82, 2.24) is 0 Å². The summed E-state index contributed by atoms with van der Waals surface area (Å²) in [5, 5.41) is 0. The van der Waals surface area contributed by atoms with Gasteiger partial charge in [-0.1, -0.05) is 22.0 Å². The van der Waals surface area contributed by atoms with Gasteiger partial charge in [0.05, 0.1) is 17.7 Å². The zero-order chi connectivity index (χ0) is 15.6. The van der Waals surface area contributed by atoms with E-state index in [4.69, 9.17) is 10.5 Å². The second-order valence-electron chi connectivity index (χ2n) is 4.47. The summed E-state index contributed by atoms with van der Waals surface area (Å²) in [6, 6.07) is 9.68. The van der Waals surface area contributed by atoms with Crippen LogP contribution < -0.4 is 15.2 Å². The van der Waals surface area contributed by atoms with Crippen molar-refractivity contribution in [3.05, 3.63) is 46.4 Å². The van der Waals surface area contributed by atoms with Crippen molar-refractivity contribution in [2.45, 2.75) is 11.8 Å². The molecule has 0 amide bonds. The van der Waals surface area contributed by atoms with Crippen LogP contribution in [0.15, 0.2) is 45.8 Å². The van der Waals surface area contributed by atoms with Crippen LogP contribution >= 0.6 is 15.9 Å². The molecule has 7 heteroatoms.